The van der Waals surface area contributed by atoms with Gasteiger partial charge in [0, 0.05) is 11.8 Å². The summed E-state index contributed by atoms with van der Waals surface area (Å²) in [5.74, 6) is 6.99. The third-order valence-corrected chi connectivity index (χ3v) is 2.41. The summed E-state index contributed by atoms with van der Waals surface area (Å²) in [5.41, 5.74) is 2.89. The number of hydrogen-bond donors (Lipinski definition) is 0. The first-order chi connectivity index (χ1) is 8.78. The molecule has 1 heterocycles. The Morgan fingerprint density at radius 2 is 1.83 bits per heavy atom. The Balaban J connectivity index is 2.12. The van der Waals surface area contributed by atoms with E-state index in [2.05, 4.69) is 16.8 Å². The second-order valence-corrected chi connectivity index (χ2v) is 3.93. The quantitative estimate of drug-likeness (QED) is 0.748. The standard InChI is InChI=1S/C16H15NO/c1-3-18-16-10-6-14(7-11-16)5-9-15-8-4-13(2)12-17-15/h4,6-8,10-12H,3H2,1-2H3. The Kier molecular flexibility index (Phi) is 3.98. The molecule has 1 aromatic heterocycles. The molecule has 2 rings (SSSR count). The van der Waals surface area contributed by atoms with Crippen molar-refractivity contribution in [2.75, 3.05) is 6.61 Å². The van der Waals surface area contributed by atoms with Gasteiger partial charge in [0.1, 0.15) is 11.4 Å². The third kappa shape index (κ3) is 3.36. The van der Waals surface area contributed by atoms with E-state index in [-0.39, 0.29) is 0 Å². The van der Waals surface area contributed by atoms with Crippen LogP contribution in [0.4, 0.5) is 0 Å². The molecule has 0 aliphatic rings. The Bertz CT molecular complexity index is 559. The van der Waals surface area contributed by atoms with Gasteiger partial charge in [-0.05, 0) is 55.7 Å². The molecule has 0 bridgehead atoms. The van der Waals surface area contributed by atoms with Gasteiger partial charge < -0.3 is 4.74 Å². The summed E-state index contributed by atoms with van der Waals surface area (Å²) in [7, 11) is 0. The lowest BCUT2D eigenvalue weighted by Gasteiger charge is -2.01. The second-order valence-electron chi connectivity index (χ2n) is 3.93. The zero-order valence-corrected chi connectivity index (χ0v) is 10.6. The van der Waals surface area contributed by atoms with Gasteiger partial charge in [-0.25, -0.2) is 4.98 Å². The SMILES string of the molecule is CCOc1ccc(C#Cc2ccc(C)cn2)cc1. The largest absolute Gasteiger partial charge is 0.494 e. The van der Waals surface area contributed by atoms with E-state index in [1.165, 1.54) is 0 Å². The Morgan fingerprint density at radius 1 is 1.06 bits per heavy atom. The van der Waals surface area contributed by atoms with Crippen molar-refractivity contribution in [2.45, 2.75) is 13.8 Å². The molecule has 0 atom stereocenters. The molecule has 90 valence electrons. The van der Waals surface area contributed by atoms with E-state index in [0.717, 1.165) is 22.6 Å². The molecular formula is C16H15NO. The van der Waals surface area contributed by atoms with Gasteiger partial charge >= 0.3 is 0 Å². The molecule has 0 aliphatic carbocycles. The van der Waals surface area contributed by atoms with Crippen LogP contribution in [0, 0.1) is 18.8 Å². The lowest BCUT2D eigenvalue weighted by molar-refractivity contribution is 0.340. The summed E-state index contributed by atoms with van der Waals surface area (Å²) in [6.45, 7) is 4.66. The van der Waals surface area contributed by atoms with E-state index in [1.807, 2.05) is 56.4 Å². The molecule has 18 heavy (non-hydrogen) atoms. The van der Waals surface area contributed by atoms with Crippen LogP contribution in [0.5, 0.6) is 5.75 Å². The highest BCUT2D eigenvalue weighted by Gasteiger charge is 1.92. The zero-order valence-electron chi connectivity index (χ0n) is 10.6. The first-order valence-electron chi connectivity index (χ1n) is 5.95. The van der Waals surface area contributed by atoms with Gasteiger partial charge in [-0.2, -0.15) is 0 Å². The highest BCUT2D eigenvalue weighted by Crippen LogP contribution is 2.11. The van der Waals surface area contributed by atoms with E-state index < -0.39 is 0 Å². The van der Waals surface area contributed by atoms with Crippen molar-refractivity contribution in [1.82, 2.24) is 4.98 Å². The molecule has 2 nitrogen and oxygen atoms in total. The van der Waals surface area contributed by atoms with Crippen molar-refractivity contribution in [3.63, 3.8) is 0 Å². The molecule has 0 unspecified atom stereocenters. The number of aryl methyl sites for hydroxylation is 1. The van der Waals surface area contributed by atoms with Gasteiger partial charge in [-0.3, -0.25) is 0 Å². The van der Waals surface area contributed by atoms with Crippen LogP contribution in [0.15, 0.2) is 42.6 Å². The van der Waals surface area contributed by atoms with Crippen LogP contribution in [-0.4, -0.2) is 11.6 Å². The maximum Gasteiger partial charge on any atom is 0.119 e. The molecule has 0 spiro atoms. The van der Waals surface area contributed by atoms with Crippen molar-refractivity contribution in [2.24, 2.45) is 0 Å². The van der Waals surface area contributed by atoms with E-state index in [1.54, 1.807) is 0 Å². The molecule has 2 heteroatoms. The lowest BCUT2D eigenvalue weighted by Crippen LogP contribution is -1.90. The van der Waals surface area contributed by atoms with Crippen molar-refractivity contribution < 1.29 is 4.74 Å². The van der Waals surface area contributed by atoms with Crippen molar-refractivity contribution >= 4 is 0 Å². The Labute approximate surface area is 108 Å². The van der Waals surface area contributed by atoms with Gasteiger partial charge in [0.05, 0.1) is 6.61 Å². The summed E-state index contributed by atoms with van der Waals surface area (Å²) in [4.78, 5) is 4.24. The fourth-order valence-electron chi connectivity index (χ4n) is 1.48. The molecule has 1 aromatic carbocycles. The predicted octanol–water partition coefficient (Wildman–Crippen LogP) is 3.19. The molecule has 0 amide bonds. The number of benzene rings is 1. The fraction of sp³-hybridized carbons (Fsp3) is 0.188. The first kappa shape index (κ1) is 12.2. The summed E-state index contributed by atoms with van der Waals surface area (Å²) in [5, 5.41) is 0. The predicted molar refractivity (Wildman–Crippen MR) is 72.6 cm³/mol. The van der Waals surface area contributed by atoms with Crippen LogP contribution in [-0.2, 0) is 0 Å². The number of rotatable bonds is 2. The highest BCUT2D eigenvalue weighted by molar-refractivity contribution is 5.42. The van der Waals surface area contributed by atoms with E-state index in [4.69, 9.17) is 4.74 Å². The van der Waals surface area contributed by atoms with E-state index >= 15 is 0 Å². The van der Waals surface area contributed by atoms with Gasteiger partial charge in [0.25, 0.3) is 0 Å². The smallest absolute Gasteiger partial charge is 0.119 e. The monoisotopic (exact) mass is 237 g/mol. The molecule has 0 saturated heterocycles. The molecule has 0 aliphatic heterocycles. The normalized spacial score (nSPS) is 9.44. The topological polar surface area (TPSA) is 22.1 Å². The molecule has 0 saturated carbocycles. The first-order valence-corrected chi connectivity index (χ1v) is 5.95. The third-order valence-electron chi connectivity index (χ3n) is 2.41. The number of hydrogen-bond acceptors (Lipinski definition) is 2. The number of pyridine rings is 1. The minimum absolute atomic E-state index is 0.679. The second kappa shape index (κ2) is 5.88. The average Bonchev–Trinajstić information content (AvgIpc) is 2.40. The summed E-state index contributed by atoms with van der Waals surface area (Å²) >= 11 is 0. The van der Waals surface area contributed by atoms with Crippen LogP contribution in [0.25, 0.3) is 0 Å². The van der Waals surface area contributed by atoms with Gasteiger partial charge in [0.2, 0.25) is 0 Å². The molecule has 0 N–H and O–H groups in total. The minimum Gasteiger partial charge on any atom is -0.494 e. The number of nitrogens with zero attached hydrogens (tertiary/aromatic N) is 1. The average molecular weight is 237 g/mol. The Hall–Kier alpha value is -2.27. The Morgan fingerprint density at radius 3 is 2.44 bits per heavy atom. The number of aromatic nitrogens is 1. The highest BCUT2D eigenvalue weighted by atomic mass is 16.5. The minimum atomic E-state index is 0.679. The van der Waals surface area contributed by atoms with Gasteiger partial charge in [0.15, 0.2) is 0 Å². The zero-order chi connectivity index (χ0) is 12.8. The van der Waals surface area contributed by atoms with Crippen LogP contribution in [0.1, 0.15) is 23.7 Å². The maximum absolute atomic E-state index is 5.38. The van der Waals surface area contributed by atoms with E-state index in [0.29, 0.717) is 6.61 Å². The summed E-state index contributed by atoms with van der Waals surface area (Å²) in [6.07, 6.45) is 1.82. The molecule has 0 fully saturated rings. The van der Waals surface area contributed by atoms with Crippen molar-refractivity contribution in [1.29, 1.82) is 0 Å². The fourth-order valence-corrected chi connectivity index (χ4v) is 1.48. The molecule has 0 radical (unpaired) electrons. The maximum atomic E-state index is 5.38. The lowest BCUT2D eigenvalue weighted by atomic mass is 10.2. The molecular weight excluding hydrogens is 222 g/mol. The van der Waals surface area contributed by atoms with Gasteiger partial charge in [-0.1, -0.05) is 12.0 Å². The summed E-state index contributed by atoms with van der Waals surface area (Å²) in [6, 6.07) is 11.7. The van der Waals surface area contributed by atoms with Crippen LogP contribution >= 0.6 is 0 Å². The van der Waals surface area contributed by atoms with Crippen LogP contribution in [0.2, 0.25) is 0 Å². The number of ether oxygens (including phenoxy) is 1. The van der Waals surface area contributed by atoms with Crippen molar-refractivity contribution in [3.05, 3.63) is 59.4 Å². The van der Waals surface area contributed by atoms with E-state index in [9.17, 15) is 0 Å². The molecule has 2 aromatic rings. The summed E-state index contributed by atoms with van der Waals surface area (Å²) < 4.78 is 5.38. The van der Waals surface area contributed by atoms with Crippen LogP contribution in [0.3, 0.4) is 0 Å². The van der Waals surface area contributed by atoms with Crippen LogP contribution < -0.4 is 4.74 Å². The van der Waals surface area contributed by atoms with Gasteiger partial charge in [-0.15, -0.1) is 0 Å². The van der Waals surface area contributed by atoms with Crippen molar-refractivity contribution in [3.8, 4) is 17.6 Å².